The Balaban J connectivity index is 1.66. The molecule has 1 aromatic carbocycles. The number of unbranched alkanes of at least 4 members (excludes halogenated alkanes) is 1. The second kappa shape index (κ2) is 9.96. The van der Waals surface area contributed by atoms with E-state index in [4.69, 9.17) is 10.5 Å². The zero-order valence-corrected chi connectivity index (χ0v) is 17.7. The molecule has 2 heterocycles. The predicted molar refractivity (Wildman–Crippen MR) is 119 cm³/mol. The van der Waals surface area contributed by atoms with Gasteiger partial charge in [0.2, 0.25) is 0 Å². The van der Waals surface area contributed by atoms with E-state index in [0.717, 1.165) is 24.1 Å². The molecule has 0 aliphatic heterocycles. The van der Waals surface area contributed by atoms with Crippen molar-refractivity contribution in [1.82, 2.24) is 19.5 Å². The summed E-state index contributed by atoms with van der Waals surface area (Å²) in [6.45, 7) is 5.20. The summed E-state index contributed by atoms with van der Waals surface area (Å²) in [6.07, 6.45) is 2.50. The maximum Gasteiger partial charge on any atom is 0.327 e. The Morgan fingerprint density at radius 1 is 1.35 bits per heavy atom. The van der Waals surface area contributed by atoms with E-state index in [1.165, 1.54) is 4.57 Å². The van der Waals surface area contributed by atoms with Gasteiger partial charge in [0.15, 0.2) is 11.5 Å². The van der Waals surface area contributed by atoms with Gasteiger partial charge in [-0.25, -0.2) is 4.79 Å². The van der Waals surface area contributed by atoms with Gasteiger partial charge in [-0.2, -0.15) is 9.97 Å². The number of hydrogen-bond donors (Lipinski definition) is 4. The molecule has 10 heteroatoms. The van der Waals surface area contributed by atoms with Crippen molar-refractivity contribution in [2.75, 3.05) is 24.2 Å². The SMILES string of the molecule is CCCCOc1nc(N)c2[nH]c(=O)n(CCCNc3cccc(C(C)C(=O)O)c3)c2n1. The minimum atomic E-state index is -0.866. The number of hydrogen-bond acceptors (Lipinski definition) is 7. The number of nitrogen functional groups attached to an aromatic ring is 1. The minimum absolute atomic E-state index is 0.161. The van der Waals surface area contributed by atoms with Crippen LogP contribution in [0.4, 0.5) is 11.5 Å². The second-order valence-corrected chi connectivity index (χ2v) is 7.34. The molecule has 0 saturated carbocycles. The molecule has 0 fully saturated rings. The average Bonchev–Trinajstić information content (AvgIpc) is 3.07. The smallest absolute Gasteiger partial charge is 0.327 e. The number of nitrogens with two attached hydrogens (primary N) is 1. The first-order valence-corrected chi connectivity index (χ1v) is 10.4. The Morgan fingerprint density at radius 2 is 2.16 bits per heavy atom. The molecule has 0 amide bonds. The van der Waals surface area contributed by atoms with Crippen molar-refractivity contribution in [1.29, 1.82) is 0 Å². The number of aromatic nitrogens is 4. The van der Waals surface area contributed by atoms with Gasteiger partial charge in [-0.1, -0.05) is 25.5 Å². The summed E-state index contributed by atoms with van der Waals surface area (Å²) in [5, 5.41) is 12.4. The van der Waals surface area contributed by atoms with Crippen LogP contribution in [0.25, 0.3) is 11.2 Å². The summed E-state index contributed by atoms with van der Waals surface area (Å²) in [5.41, 5.74) is 8.03. The molecule has 0 bridgehead atoms. The van der Waals surface area contributed by atoms with E-state index in [9.17, 15) is 14.7 Å². The van der Waals surface area contributed by atoms with E-state index in [-0.39, 0.29) is 17.5 Å². The molecular weight excluding hydrogens is 400 g/mol. The second-order valence-electron chi connectivity index (χ2n) is 7.34. The normalized spacial score (nSPS) is 12.1. The summed E-state index contributed by atoms with van der Waals surface area (Å²) in [4.78, 5) is 34.7. The van der Waals surface area contributed by atoms with Gasteiger partial charge in [0.05, 0.1) is 12.5 Å². The highest BCUT2D eigenvalue weighted by Crippen LogP contribution is 2.20. The van der Waals surface area contributed by atoms with Crippen LogP contribution in [0.3, 0.4) is 0 Å². The number of carboxylic acids is 1. The number of fused-ring (bicyclic) bond motifs is 1. The van der Waals surface area contributed by atoms with Crippen molar-refractivity contribution in [2.45, 2.75) is 45.6 Å². The monoisotopic (exact) mass is 428 g/mol. The topological polar surface area (TPSA) is 148 Å². The lowest BCUT2D eigenvalue weighted by Crippen LogP contribution is -2.19. The summed E-state index contributed by atoms with van der Waals surface area (Å²) in [5.74, 6) is -1.27. The fourth-order valence-corrected chi connectivity index (χ4v) is 3.14. The van der Waals surface area contributed by atoms with Crippen LogP contribution in [0.15, 0.2) is 29.1 Å². The molecule has 10 nitrogen and oxygen atoms in total. The number of H-pyrrole nitrogens is 1. The highest BCUT2D eigenvalue weighted by molar-refractivity contribution is 5.81. The number of aliphatic carboxylic acids is 1. The van der Waals surface area contributed by atoms with E-state index in [1.54, 1.807) is 13.0 Å². The van der Waals surface area contributed by atoms with Crippen molar-refractivity contribution in [3.63, 3.8) is 0 Å². The number of carboxylic acid groups (broad SMARTS) is 1. The van der Waals surface area contributed by atoms with E-state index in [1.807, 2.05) is 18.2 Å². The number of imidazole rings is 1. The molecule has 3 aromatic rings. The van der Waals surface area contributed by atoms with Crippen LogP contribution in [-0.2, 0) is 11.3 Å². The third-order valence-corrected chi connectivity index (χ3v) is 5.00. The fraction of sp³-hybridized carbons (Fsp3) is 0.429. The molecule has 166 valence electrons. The van der Waals surface area contributed by atoms with Crippen LogP contribution >= 0.6 is 0 Å². The van der Waals surface area contributed by atoms with E-state index >= 15 is 0 Å². The molecule has 0 saturated heterocycles. The van der Waals surface area contributed by atoms with Gasteiger partial charge in [-0.15, -0.1) is 0 Å². The van der Waals surface area contributed by atoms with Crippen LogP contribution in [-0.4, -0.2) is 43.7 Å². The number of nitrogens with one attached hydrogen (secondary N) is 2. The van der Waals surface area contributed by atoms with Gasteiger partial charge in [-0.05, 0) is 37.5 Å². The summed E-state index contributed by atoms with van der Waals surface area (Å²) in [7, 11) is 0. The molecule has 5 N–H and O–H groups in total. The van der Waals surface area contributed by atoms with Gasteiger partial charge in [0.25, 0.3) is 0 Å². The van der Waals surface area contributed by atoms with Gasteiger partial charge in [0.1, 0.15) is 5.52 Å². The first kappa shape index (κ1) is 22.1. The van der Waals surface area contributed by atoms with Gasteiger partial charge in [0, 0.05) is 18.8 Å². The highest BCUT2D eigenvalue weighted by Gasteiger charge is 2.15. The Morgan fingerprint density at radius 3 is 2.90 bits per heavy atom. The standard InChI is InChI=1S/C21H28N6O4/c1-3-4-11-31-20-25-17(22)16-18(26-20)27(21(30)24-16)10-6-9-23-15-8-5-7-14(12-15)13(2)19(28)29/h5,7-8,12-13,23H,3-4,6,9-11H2,1-2H3,(H,24,30)(H,28,29)(H2,22,25,26). The largest absolute Gasteiger partial charge is 0.481 e. The number of rotatable bonds is 11. The van der Waals surface area contributed by atoms with Gasteiger partial charge in [-0.3, -0.25) is 9.36 Å². The van der Waals surface area contributed by atoms with Crippen molar-refractivity contribution in [2.24, 2.45) is 0 Å². The number of ether oxygens (including phenoxy) is 1. The molecule has 0 aliphatic carbocycles. The maximum absolute atomic E-state index is 12.4. The lowest BCUT2D eigenvalue weighted by atomic mass is 10.0. The average molecular weight is 428 g/mol. The maximum atomic E-state index is 12.4. The highest BCUT2D eigenvalue weighted by atomic mass is 16.5. The quantitative estimate of drug-likeness (QED) is 0.341. The lowest BCUT2D eigenvalue weighted by molar-refractivity contribution is -0.138. The van der Waals surface area contributed by atoms with Crippen LogP contribution in [0.5, 0.6) is 6.01 Å². The number of carbonyl (C=O) groups is 1. The first-order valence-electron chi connectivity index (χ1n) is 10.4. The van der Waals surface area contributed by atoms with Gasteiger partial charge >= 0.3 is 17.7 Å². The van der Waals surface area contributed by atoms with E-state index < -0.39 is 11.9 Å². The van der Waals surface area contributed by atoms with E-state index in [2.05, 4.69) is 27.2 Å². The molecule has 31 heavy (non-hydrogen) atoms. The Kier molecular flexibility index (Phi) is 7.11. The van der Waals surface area contributed by atoms with Crippen LogP contribution in [0.1, 0.15) is 44.6 Å². The number of aromatic amines is 1. The van der Waals surface area contributed by atoms with Crippen LogP contribution in [0, 0.1) is 0 Å². The zero-order chi connectivity index (χ0) is 22.4. The van der Waals surface area contributed by atoms with E-state index in [0.29, 0.717) is 37.3 Å². The van der Waals surface area contributed by atoms with Crippen molar-refractivity contribution in [3.05, 3.63) is 40.3 Å². The first-order chi connectivity index (χ1) is 14.9. The molecule has 0 radical (unpaired) electrons. The van der Waals surface area contributed by atoms with Gasteiger partial charge < -0.3 is 25.9 Å². The number of anilines is 2. The van der Waals surface area contributed by atoms with Crippen LogP contribution < -0.4 is 21.5 Å². The molecular formula is C21H28N6O4. The molecule has 3 rings (SSSR count). The number of nitrogens with zero attached hydrogens (tertiary/aromatic N) is 3. The minimum Gasteiger partial charge on any atom is -0.481 e. The van der Waals surface area contributed by atoms with Crippen molar-refractivity contribution in [3.8, 4) is 6.01 Å². The van der Waals surface area contributed by atoms with Crippen LogP contribution in [0.2, 0.25) is 0 Å². The Hall–Kier alpha value is -3.56. The molecule has 1 unspecified atom stereocenters. The lowest BCUT2D eigenvalue weighted by Gasteiger charge is -2.11. The van der Waals surface area contributed by atoms with Crippen molar-refractivity contribution < 1.29 is 14.6 Å². The number of benzene rings is 1. The van der Waals surface area contributed by atoms with Crippen molar-refractivity contribution >= 4 is 28.6 Å². The third-order valence-electron chi connectivity index (χ3n) is 5.00. The summed E-state index contributed by atoms with van der Waals surface area (Å²) in [6, 6.07) is 7.48. The molecule has 0 spiro atoms. The number of aryl methyl sites for hydroxylation is 1. The summed E-state index contributed by atoms with van der Waals surface area (Å²) >= 11 is 0. The fourth-order valence-electron chi connectivity index (χ4n) is 3.14. The molecule has 0 aliphatic rings. The zero-order valence-electron chi connectivity index (χ0n) is 17.7. The predicted octanol–water partition coefficient (Wildman–Crippen LogP) is 2.57. The summed E-state index contributed by atoms with van der Waals surface area (Å²) < 4.78 is 7.06. The molecule has 1 atom stereocenters. The molecule has 2 aromatic heterocycles. The Bertz CT molecular complexity index is 1110. The Labute approximate surface area is 179 Å². The third kappa shape index (κ3) is 5.33.